The monoisotopic (exact) mass is 374 g/mol. The van der Waals surface area contributed by atoms with E-state index in [0.29, 0.717) is 39.3 Å². The molecule has 0 saturated carbocycles. The van der Waals surface area contributed by atoms with Crippen molar-refractivity contribution in [3.8, 4) is 0 Å². The fourth-order valence-corrected chi connectivity index (χ4v) is 3.15. The van der Waals surface area contributed by atoms with E-state index in [1.807, 2.05) is 37.4 Å². The van der Waals surface area contributed by atoms with Crippen LogP contribution in [0.25, 0.3) is 0 Å². The Hall–Kier alpha value is -1.77. The summed E-state index contributed by atoms with van der Waals surface area (Å²) >= 11 is 0. The molecule has 1 saturated heterocycles. The molecule has 1 aromatic heterocycles. The molecule has 26 heavy (non-hydrogen) atoms. The summed E-state index contributed by atoms with van der Waals surface area (Å²) in [4.78, 5) is 8.21. The van der Waals surface area contributed by atoms with E-state index >= 15 is 0 Å². The minimum absolute atomic E-state index is 0.371. The maximum atomic E-state index is 12.9. The molecule has 0 spiro atoms. The number of nitrogens with zero attached hydrogens (tertiary/aromatic N) is 5. The zero-order valence-corrected chi connectivity index (χ0v) is 16.2. The van der Waals surface area contributed by atoms with E-state index in [1.165, 1.54) is 11.8 Å². The number of rotatable bonds is 4. The molecule has 6 nitrogen and oxygen atoms in total. The van der Waals surface area contributed by atoms with Crippen LogP contribution in [0.3, 0.4) is 0 Å². The van der Waals surface area contributed by atoms with Gasteiger partial charge in [-0.15, -0.1) is 0 Å². The van der Waals surface area contributed by atoms with Crippen molar-refractivity contribution in [1.82, 2.24) is 24.9 Å². The lowest BCUT2D eigenvalue weighted by atomic mass is 10.2. The van der Waals surface area contributed by atoms with Gasteiger partial charge >= 0.3 is 6.18 Å². The van der Waals surface area contributed by atoms with E-state index in [1.54, 1.807) is 0 Å². The van der Waals surface area contributed by atoms with E-state index in [2.05, 4.69) is 10.4 Å². The Morgan fingerprint density at radius 3 is 2.31 bits per heavy atom. The van der Waals surface area contributed by atoms with Crippen LogP contribution in [0.1, 0.15) is 30.8 Å². The molecule has 0 amide bonds. The molecule has 9 heteroatoms. The smallest absolute Gasteiger partial charge is 0.357 e. The number of aliphatic imine (C=N–C) groups is 1. The van der Waals surface area contributed by atoms with E-state index < -0.39 is 12.2 Å². The molecule has 1 N–H and O–H groups in total. The van der Waals surface area contributed by atoms with E-state index in [0.717, 1.165) is 22.9 Å². The molecular weight excluding hydrogens is 345 g/mol. The highest BCUT2D eigenvalue weighted by Gasteiger charge is 2.41. The van der Waals surface area contributed by atoms with Crippen LogP contribution in [0.15, 0.2) is 4.99 Å². The van der Waals surface area contributed by atoms with Crippen LogP contribution in [-0.2, 0) is 13.6 Å². The molecule has 0 aromatic carbocycles. The largest absolute Gasteiger partial charge is 0.403 e. The summed E-state index contributed by atoms with van der Waals surface area (Å²) in [5.74, 6) is 0.745. The summed E-state index contributed by atoms with van der Waals surface area (Å²) in [6, 6.07) is -1.41. The highest BCUT2D eigenvalue weighted by Crippen LogP contribution is 2.25. The zero-order valence-electron chi connectivity index (χ0n) is 16.2. The lowest BCUT2D eigenvalue weighted by Gasteiger charge is -2.39. The second-order valence-electron chi connectivity index (χ2n) is 6.68. The van der Waals surface area contributed by atoms with Crippen molar-refractivity contribution >= 4 is 5.96 Å². The summed E-state index contributed by atoms with van der Waals surface area (Å²) < 4.78 is 40.5. The van der Waals surface area contributed by atoms with Gasteiger partial charge in [-0.2, -0.15) is 18.3 Å². The van der Waals surface area contributed by atoms with Crippen molar-refractivity contribution in [2.24, 2.45) is 12.0 Å². The molecule has 1 aliphatic rings. The maximum absolute atomic E-state index is 12.9. The minimum atomic E-state index is -4.18. The van der Waals surface area contributed by atoms with Gasteiger partial charge < -0.3 is 10.2 Å². The Bertz CT molecular complexity index is 629. The molecule has 1 aliphatic heterocycles. The summed E-state index contributed by atoms with van der Waals surface area (Å²) in [5.41, 5.74) is 3.12. The summed E-state index contributed by atoms with van der Waals surface area (Å²) in [6.07, 6.45) is -4.18. The van der Waals surface area contributed by atoms with Crippen molar-refractivity contribution in [1.29, 1.82) is 0 Å². The number of nitrogens with one attached hydrogen (secondary N) is 1. The van der Waals surface area contributed by atoms with Gasteiger partial charge in [0.2, 0.25) is 0 Å². The summed E-state index contributed by atoms with van der Waals surface area (Å²) in [7, 11) is 1.90. The van der Waals surface area contributed by atoms with Crippen LogP contribution in [0.4, 0.5) is 13.2 Å². The van der Waals surface area contributed by atoms with Gasteiger partial charge in [-0.05, 0) is 27.7 Å². The quantitative estimate of drug-likeness (QED) is 0.648. The van der Waals surface area contributed by atoms with Crippen molar-refractivity contribution in [2.75, 3.05) is 32.7 Å². The predicted molar refractivity (Wildman–Crippen MR) is 96.2 cm³/mol. The number of piperazine rings is 1. The lowest BCUT2D eigenvalue weighted by Crippen LogP contribution is -2.56. The van der Waals surface area contributed by atoms with Gasteiger partial charge in [0.25, 0.3) is 0 Å². The Kier molecular flexibility index (Phi) is 6.54. The molecule has 1 aromatic rings. The van der Waals surface area contributed by atoms with Crippen molar-refractivity contribution < 1.29 is 13.2 Å². The van der Waals surface area contributed by atoms with Gasteiger partial charge in [0, 0.05) is 51.0 Å². The van der Waals surface area contributed by atoms with Gasteiger partial charge in [0.05, 0.1) is 12.2 Å². The third-order valence-corrected chi connectivity index (χ3v) is 5.02. The second kappa shape index (κ2) is 8.28. The van der Waals surface area contributed by atoms with Gasteiger partial charge in [-0.3, -0.25) is 9.58 Å². The fraction of sp³-hybridized carbons (Fsp3) is 0.765. The number of aryl methyl sites for hydroxylation is 2. The van der Waals surface area contributed by atoms with Crippen molar-refractivity contribution in [2.45, 2.75) is 46.5 Å². The van der Waals surface area contributed by atoms with E-state index in [4.69, 9.17) is 4.99 Å². The Balaban J connectivity index is 2.04. The average molecular weight is 374 g/mol. The maximum Gasteiger partial charge on any atom is 0.403 e. The minimum Gasteiger partial charge on any atom is -0.357 e. The molecule has 2 rings (SSSR count). The molecule has 1 fully saturated rings. The Morgan fingerprint density at radius 2 is 1.85 bits per heavy atom. The van der Waals surface area contributed by atoms with Gasteiger partial charge in [0.1, 0.15) is 6.04 Å². The van der Waals surface area contributed by atoms with E-state index in [-0.39, 0.29) is 0 Å². The summed E-state index contributed by atoms with van der Waals surface area (Å²) in [5, 5.41) is 7.65. The zero-order chi connectivity index (χ0) is 19.5. The topological polar surface area (TPSA) is 48.7 Å². The third-order valence-electron chi connectivity index (χ3n) is 5.02. The van der Waals surface area contributed by atoms with Crippen LogP contribution < -0.4 is 5.32 Å². The van der Waals surface area contributed by atoms with Crippen molar-refractivity contribution in [3.63, 3.8) is 0 Å². The van der Waals surface area contributed by atoms with E-state index in [9.17, 15) is 13.2 Å². The molecule has 0 bridgehead atoms. The molecule has 0 aliphatic carbocycles. The first-order valence-corrected chi connectivity index (χ1v) is 8.98. The average Bonchev–Trinajstić information content (AvgIpc) is 2.83. The molecule has 1 unspecified atom stereocenters. The Morgan fingerprint density at radius 1 is 1.23 bits per heavy atom. The van der Waals surface area contributed by atoms with Gasteiger partial charge in [-0.25, -0.2) is 4.99 Å². The predicted octanol–water partition coefficient (Wildman–Crippen LogP) is 2.07. The summed E-state index contributed by atoms with van der Waals surface area (Å²) in [6.45, 7) is 10.2. The number of guanidine groups is 1. The number of alkyl halides is 3. The molecule has 0 radical (unpaired) electrons. The number of hydrogen-bond acceptors (Lipinski definition) is 3. The first-order valence-electron chi connectivity index (χ1n) is 8.98. The normalized spacial score (nSPS) is 18.3. The van der Waals surface area contributed by atoms with Crippen LogP contribution in [0.2, 0.25) is 0 Å². The first kappa shape index (κ1) is 20.5. The van der Waals surface area contributed by atoms with Crippen LogP contribution in [0.5, 0.6) is 0 Å². The first-order chi connectivity index (χ1) is 12.1. The van der Waals surface area contributed by atoms with Gasteiger partial charge in [-0.1, -0.05) is 0 Å². The van der Waals surface area contributed by atoms with Crippen LogP contribution in [0, 0.1) is 13.8 Å². The highest BCUT2D eigenvalue weighted by atomic mass is 19.4. The van der Waals surface area contributed by atoms with Crippen LogP contribution >= 0.6 is 0 Å². The third kappa shape index (κ3) is 4.69. The van der Waals surface area contributed by atoms with Gasteiger partial charge in [0.15, 0.2) is 5.96 Å². The number of halogens is 3. The molecule has 148 valence electrons. The Labute approximate surface area is 153 Å². The molecule has 2 heterocycles. The molecular formula is C17H29F3N6. The SMILES string of the molecule is CCNC(=NCc1c(C)nn(C)c1C)N1CCN(C(C)C(F)(F)F)CC1. The van der Waals surface area contributed by atoms with Crippen molar-refractivity contribution in [3.05, 3.63) is 17.0 Å². The number of hydrogen-bond donors (Lipinski definition) is 1. The standard InChI is InChI=1S/C17H29F3N6/c1-6-21-16(22-11-15-12(2)23-24(5)13(15)3)26-9-7-25(8-10-26)14(4)17(18,19)20/h14H,6-11H2,1-5H3,(H,21,22). The number of aromatic nitrogens is 2. The highest BCUT2D eigenvalue weighted by molar-refractivity contribution is 5.80. The second-order valence-corrected chi connectivity index (χ2v) is 6.68. The van der Waals surface area contributed by atoms with Crippen LogP contribution in [-0.4, -0.2) is 70.5 Å². The molecule has 1 atom stereocenters. The lowest BCUT2D eigenvalue weighted by molar-refractivity contribution is -0.181. The fourth-order valence-electron chi connectivity index (χ4n) is 3.15.